The van der Waals surface area contributed by atoms with Gasteiger partial charge in [-0.2, -0.15) is 8.42 Å². The van der Waals surface area contributed by atoms with E-state index in [1.807, 2.05) is 6.08 Å². The van der Waals surface area contributed by atoms with Crippen LogP contribution < -0.4 is 0 Å². The van der Waals surface area contributed by atoms with E-state index in [0.29, 0.717) is 19.4 Å². The molecule has 0 aromatic heterocycles. The minimum Gasteiger partial charge on any atom is -0.342 e. The van der Waals surface area contributed by atoms with Gasteiger partial charge in [-0.1, -0.05) is 129 Å². The summed E-state index contributed by atoms with van der Waals surface area (Å²) >= 11 is 0. The third kappa shape index (κ3) is 27.6. The molecule has 0 fully saturated rings. The summed E-state index contributed by atoms with van der Waals surface area (Å²) in [6.45, 7) is 2.78. The molecule has 0 rings (SSSR count). The fraction of sp³-hybridized carbons (Fsp3) is 0.897. The van der Waals surface area contributed by atoms with Gasteiger partial charge in [-0.05, 0) is 31.8 Å². The van der Waals surface area contributed by atoms with Gasteiger partial charge in [0.15, 0.2) is 0 Å². The average Bonchev–Trinajstić information content (AvgIpc) is 2.81. The van der Waals surface area contributed by atoms with Gasteiger partial charge in [-0.15, -0.1) is 0 Å². The lowest BCUT2D eigenvalue weighted by atomic mass is 10.0. The molecule has 0 atom stereocenters. The summed E-state index contributed by atoms with van der Waals surface area (Å²) in [7, 11) is -2.18. The molecule has 0 radical (unpaired) electrons. The van der Waals surface area contributed by atoms with E-state index in [9.17, 15) is 13.2 Å². The molecule has 5 nitrogen and oxygen atoms in total. The maximum Gasteiger partial charge on any atom is 0.264 e. The first-order valence-corrected chi connectivity index (χ1v) is 16.3. The SMILES string of the molecule is CCCCCCCCCCCCCCCCCCCCC/C=C/C(=O)N(C)CCCCS(=O)(=O)O. The summed E-state index contributed by atoms with van der Waals surface area (Å²) in [5.41, 5.74) is 0. The van der Waals surface area contributed by atoms with E-state index in [1.165, 1.54) is 116 Å². The van der Waals surface area contributed by atoms with Gasteiger partial charge in [0.25, 0.3) is 10.1 Å². The van der Waals surface area contributed by atoms with Gasteiger partial charge in [0, 0.05) is 13.6 Å². The highest BCUT2D eigenvalue weighted by atomic mass is 32.2. The first-order chi connectivity index (χ1) is 16.9. The largest absolute Gasteiger partial charge is 0.342 e. The lowest BCUT2D eigenvalue weighted by Crippen LogP contribution is -2.26. The number of hydrogen-bond acceptors (Lipinski definition) is 3. The van der Waals surface area contributed by atoms with Crippen LogP contribution in [0.3, 0.4) is 0 Å². The number of rotatable bonds is 26. The monoisotopic (exact) mass is 515 g/mol. The van der Waals surface area contributed by atoms with E-state index >= 15 is 0 Å². The Morgan fingerprint density at radius 3 is 1.46 bits per heavy atom. The Labute approximate surface area is 218 Å². The zero-order valence-corrected chi connectivity index (χ0v) is 24.0. The number of carbonyl (C=O) groups excluding carboxylic acids is 1. The highest BCUT2D eigenvalue weighted by molar-refractivity contribution is 7.85. The fourth-order valence-electron chi connectivity index (χ4n) is 4.40. The van der Waals surface area contributed by atoms with Crippen molar-refractivity contribution in [1.29, 1.82) is 0 Å². The van der Waals surface area contributed by atoms with E-state index in [4.69, 9.17) is 4.55 Å². The normalized spacial score (nSPS) is 12.0. The van der Waals surface area contributed by atoms with Crippen LogP contribution >= 0.6 is 0 Å². The van der Waals surface area contributed by atoms with E-state index in [1.54, 1.807) is 18.0 Å². The Morgan fingerprint density at radius 2 is 1.06 bits per heavy atom. The molecule has 0 aromatic rings. The molecular formula is C29H57NO4S. The molecule has 0 saturated carbocycles. The number of likely N-dealkylation sites (N-methyl/N-ethyl adjacent to an activating group) is 1. The molecule has 0 aliphatic rings. The zero-order valence-electron chi connectivity index (χ0n) is 23.2. The third-order valence-electron chi connectivity index (χ3n) is 6.76. The molecule has 0 spiro atoms. The minimum atomic E-state index is -3.90. The second-order valence-electron chi connectivity index (χ2n) is 10.3. The Kier molecular flexibility index (Phi) is 24.2. The Balaban J connectivity index is 3.33. The van der Waals surface area contributed by atoms with E-state index in [2.05, 4.69) is 6.92 Å². The van der Waals surface area contributed by atoms with Gasteiger partial charge >= 0.3 is 0 Å². The van der Waals surface area contributed by atoms with E-state index in [0.717, 1.165) is 12.8 Å². The maximum atomic E-state index is 12.0. The summed E-state index contributed by atoms with van der Waals surface area (Å²) in [4.78, 5) is 13.6. The number of amides is 1. The van der Waals surface area contributed by atoms with Crippen molar-refractivity contribution in [2.75, 3.05) is 19.3 Å². The van der Waals surface area contributed by atoms with Crippen LogP contribution in [0, 0.1) is 0 Å². The van der Waals surface area contributed by atoms with Crippen LogP contribution in [0.25, 0.3) is 0 Å². The second-order valence-corrected chi connectivity index (χ2v) is 11.9. The number of carbonyl (C=O) groups is 1. The predicted octanol–water partition coefficient (Wildman–Crippen LogP) is 8.49. The molecule has 208 valence electrons. The van der Waals surface area contributed by atoms with Crippen molar-refractivity contribution in [1.82, 2.24) is 4.90 Å². The van der Waals surface area contributed by atoms with Gasteiger partial charge in [0.2, 0.25) is 5.91 Å². The third-order valence-corrected chi connectivity index (χ3v) is 7.56. The molecular weight excluding hydrogens is 458 g/mol. The lowest BCUT2D eigenvalue weighted by Gasteiger charge is -2.14. The van der Waals surface area contributed by atoms with Crippen LogP contribution in [-0.2, 0) is 14.9 Å². The van der Waals surface area contributed by atoms with Crippen LogP contribution in [0.5, 0.6) is 0 Å². The quantitative estimate of drug-likeness (QED) is 0.0712. The number of unbranched alkanes of at least 4 members (excludes halogenated alkanes) is 20. The Bertz CT molecular complexity index is 604. The molecule has 0 bridgehead atoms. The average molecular weight is 516 g/mol. The van der Waals surface area contributed by atoms with E-state index in [-0.39, 0.29) is 11.7 Å². The molecule has 35 heavy (non-hydrogen) atoms. The van der Waals surface area contributed by atoms with Gasteiger partial charge in [0.05, 0.1) is 5.75 Å². The van der Waals surface area contributed by atoms with Crippen molar-refractivity contribution in [3.8, 4) is 0 Å². The molecule has 0 aliphatic heterocycles. The van der Waals surface area contributed by atoms with Crippen LogP contribution in [0.4, 0.5) is 0 Å². The molecule has 0 saturated heterocycles. The topological polar surface area (TPSA) is 74.7 Å². The highest BCUT2D eigenvalue weighted by Gasteiger charge is 2.07. The molecule has 0 aliphatic carbocycles. The molecule has 0 unspecified atom stereocenters. The summed E-state index contributed by atoms with van der Waals surface area (Å²) in [6, 6.07) is 0. The molecule has 1 amide bonds. The summed E-state index contributed by atoms with van der Waals surface area (Å²) in [5.74, 6) is -0.292. The number of hydrogen-bond donors (Lipinski definition) is 1. The van der Waals surface area contributed by atoms with Gasteiger partial charge in [0.1, 0.15) is 0 Å². The van der Waals surface area contributed by atoms with Gasteiger partial charge < -0.3 is 4.90 Å². The maximum absolute atomic E-state index is 12.0. The Hall–Kier alpha value is -0.880. The first kappa shape index (κ1) is 34.1. The second kappa shape index (κ2) is 24.8. The van der Waals surface area contributed by atoms with Crippen LogP contribution in [-0.4, -0.2) is 43.1 Å². The van der Waals surface area contributed by atoms with Crippen LogP contribution in [0.15, 0.2) is 12.2 Å². The van der Waals surface area contributed by atoms with Gasteiger partial charge in [-0.25, -0.2) is 0 Å². The predicted molar refractivity (Wildman–Crippen MR) is 150 cm³/mol. The highest BCUT2D eigenvalue weighted by Crippen LogP contribution is 2.15. The molecule has 1 N–H and O–H groups in total. The van der Waals surface area contributed by atoms with Crippen molar-refractivity contribution in [2.45, 2.75) is 148 Å². The summed E-state index contributed by atoms with van der Waals surface area (Å²) < 4.78 is 30.1. The van der Waals surface area contributed by atoms with Crippen molar-refractivity contribution in [3.05, 3.63) is 12.2 Å². The number of nitrogens with zero attached hydrogens (tertiary/aromatic N) is 1. The van der Waals surface area contributed by atoms with Crippen molar-refractivity contribution < 1.29 is 17.8 Å². The van der Waals surface area contributed by atoms with Crippen molar-refractivity contribution in [3.63, 3.8) is 0 Å². The first-order valence-electron chi connectivity index (χ1n) is 14.7. The molecule has 6 heteroatoms. The Morgan fingerprint density at radius 1 is 0.657 bits per heavy atom. The number of allylic oxidation sites excluding steroid dienone is 1. The van der Waals surface area contributed by atoms with Crippen LogP contribution in [0.2, 0.25) is 0 Å². The zero-order chi connectivity index (χ0) is 26.0. The van der Waals surface area contributed by atoms with Crippen LogP contribution in [0.1, 0.15) is 148 Å². The van der Waals surface area contributed by atoms with Crippen molar-refractivity contribution >= 4 is 16.0 Å². The standard InChI is InChI=1S/C29H57NO4S/c1-3-4-5-6-7-8-9-10-11-12-13-14-15-16-17-18-19-20-21-22-23-26-29(31)30(2)27-24-25-28-35(32,33)34/h23,26H,3-22,24-25,27-28H2,1-2H3,(H,32,33,34)/b26-23+. The smallest absolute Gasteiger partial charge is 0.264 e. The molecule has 0 heterocycles. The molecule has 0 aromatic carbocycles. The fourth-order valence-corrected chi connectivity index (χ4v) is 4.96. The lowest BCUT2D eigenvalue weighted by molar-refractivity contribution is -0.124. The summed E-state index contributed by atoms with van der Waals surface area (Å²) in [6.07, 6.45) is 31.6. The minimum absolute atomic E-state index is 0.0466. The van der Waals surface area contributed by atoms with Crippen molar-refractivity contribution in [2.24, 2.45) is 0 Å². The van der Waals surface area contributed by atoms with Gasteiger partial charge in [-0.3, -0.25) is 9.35 Å². The summed E-state index contributed by atoms with van der Waals surface area (Å²) in [5, 5.41) is 0. The van der Waals surface area contributed by atoms with E-state index < -0.39 is 10.1 Å².